The van der Waals surface area contributed by atoms with E-state index in [1.807, 2.05) is 42.5 Å². The average Bonchev–Trinajstić information content (AvgIpc) is 3.01. The Labute approximate surface area is 108 Å². The first kappa shape index (κ1) is 10.3. The van der Waals surface area contributed by atoms with Crippen LogP contribution in [0.15, 0.2) is 48.5 Å². The van der Waals surface area contributed by atoms with Gasteiger partial charge in [-0.2, -0.15) is 0 Å². The van der Waals surface area contributed by atoms with Gasteiger partial charge in [-0.05, 0) is 18.2 Å². The van der Waals surface area contributed by atoms with Crippen LogP contribution in [0.5, 0.6) is 0 Å². The van der Waals surface area contributed by atoms with Gasteiger partial charge in [0.1, 0.15) is 5.52 Å². The topological polar surface area (TPSA) is 57.0 Å². The summed E-state index contributed by atoms with van der Waals surface area (Å²) in [4.78, 5) is 11.8. The van der Waals surface area contributed by atoms with Crippen molar-refractivity contribution in [2.75, 3.05) is 0 Å². The first-order valence-electron chi connectivity index (χ1n) is 5.94. The Hall–Kier alpha value is -2.69. The Bertz CT molecular complexity index is 794. The van der Waals surface area contributed by atoms with Crippen molar-refractivity contribution in [1.29, 1.82) is 0 Å². The molecule has 1 atom stereocenters. The summed E-state index contributed by atoms with van der Waals surface area (Å²) >= 11 is 0. The third-order valence-corrected chi connectivity index (χ3v) is 3.26. The Morgan fingerprint density at radius 1 is 1.05 bits per heavy atom. The predicted octanol–water partition coefficient (Wildman–Crippen LogP) is 2.15. The molecule has 2 aromatic carbocycles. The van der Waals surface area contributed by atoms with Gasteiger partial charge in [0.25, 0.3) is 0 Å². The molecule has 0 N–H and O–H groups in total. The van der Waals surface area contributed by atoms with Crippen LogP contribution < -0.4 is 0 Å². The molecular formula is C14H9N3O2. The zero-order valence-electron chi connectivity index (χ0n) is 9.85. The Kier molecular flexibility index (Phi) is 1.97. The number of fused-ring (bicyclic) bond motifs is 2. The van der Waals surface area contributed by atoms with Gasteiger partial charge >= 0.3 is 5.97 Å². The molecule has 0 spiro atoms. The molecule has 0 bridgehead atoms. The maximum atomic E-state index is 11.8. The molecule has 92 valence electrons. The fourth-order valence-electron chi connectivity index (χ4n) is 2.37. The van der Waals surface area contributed by atoms with Crippen molar-refractivity contribution in [3.05, 3.63) is 59.7 Å². The van der Waals surface area contributed by atoms with E-state index in [0.29, 0.717) is 5.56 Å². The average molecular weight is 251 g/mol. The van der Waals surface area contributed by atoms with Crippen molar-refractivity contribution in [2.45, 2.75) is 6.23 Å². The Morgan fingerprint density at radius 2 is 1.84 bits per heavy atom. The summed E-state index contributed by atoms with van der Waals surface area (Å²) in [5, 5.41) is 8.18. The lowest BCUT2D eigenvalue weighted by molar-refractivity contribution is 0.0298. The number of ether oxygens (including phenoxy) is 1. The number of nitrogens with zero attached hydrogens (tertiary/aromatic N) is 3. The maximum Gasteiger partial charge on any atom is 0.340 e. The van der Waals surface area contributed by atoms with Crippen LogP contribution >= 0.6 is 0 Å². The number of rotatable bonds is 1. The largest absolute Gasteiger partial charge is 0.432 e. The third kappa shape index (κ3) is 1.38. The SMILES string of the molecule is O=C1OC(n2nnc3ccccc32)c2ccccc21. The van der Waals surface area contributed by atoms with Crippen LogP contribution in [0.1, 0.15) is 22.1 Å². The minimum absolute atomic E-state index is 0.319. The fraction of sp³-hybridized carbons (Fsp3) is 0.0714. The van der Waals surface area contributed by atoms with Gasteiger partial charge in [-0.3, -0.25) is 0 Å². The Balaban J connectivity index is 1.93. The summed E-state index contributed by atoms with van der Waals surface area (Å²) in [5.74, 6) is -0.319. The minimum atomic E-state index is -0.531. The normalized spacial score (nSPS) is 17.5. The first-order valence-corrected chi connectivity index (χ1v) is 5.94. The smallest absolute Gasteiger partial charge is 0.340 e. The van der Waals surface area contributed by atoms with E-state index in [1.54, 1.807) is 10.7 Å². The number of benzene rings is 2. The second kappa shape index (κ2) is 3.65. The van der Waals surface area contributed by atoms with Crippen molar-refractivity contribution in [1.82, 2.24) is 15.0 Å². The number of esters is 1. The van der Waals surface area contributed by atoms with E-state index in [-0.39, 0.29) is 5.97 Å². The molecule has 4 rings (SSSR count). The van der Waals surface area contributed by atoms with E-state index in [4.69, 9.17) is 4.74 Å². The zero-order valence-corrected chi connectivity index (χ0v) is 9.85. The van der Waals surface area contributed by atoms with Crippen LogP contribution in [0.25, 0.3) is 11.0 Å². The molecule has 0 amide bonds. The van der Waals surface area contributed by atoms with Crippen molar-refractivity contribution >= 4 is 17.0 Å². The molecule has 1 aromatic heterocycles. The number of carbonyl (C=O) groups excluding carboxylic acids is 1. The quantitative estimate of drug-likeness (QED) is 0.622. The van der Waals surface area contributed by atoms with Crippen molar-refractivity contribution in [3.63, 3.8) is 0 Å². The van der Waals surface area contributed by atoms with Crippen LogP contribution in [0.2, 0.25) is 0 Å². The molecule has 0 radical (unpaired) electrons. The molecule has 1 aliphatic heterocycles. The number of para-hydroxylation sites is 1. The highest BCUT2D eigenvalue weighted by atomic mass is 16.6. The molecule has 2 heterocycles. The summed E-state index contributed by atoms with van der Waals surface area (Å²) in [6.07, 6.45) is -0.531. The molecule has 3 aromatic rings. The third-order valence-electron chi connectivity index (χ3n) is 3.26. The van der Waals surface area contributed by atoms with Gasteiger partial charge in [0.15, 0.2) is 0 Å². The van der Waals surface area contributed by atoms with Crippen LogP contribution in [-0.4, -0.2) is 21.0 Å². The van der Waals surface area contributed by atoms with Gasteiger partial charge in [-0.15, -0.1) is 5.10 Å². The van der Waals surface area contributed by atoms with E-state index >= 15 is 0 Å². The van der Waals surface area contributed by atoms with E-state index < -0.39 is 6.23 Å². The summed E-state index contributed by atoms with van der Waals surface area (Å²) in [6, 6.07) is 14.9. The van der Waals surface area contributed by atoms with Gasteiger partial charge in [0, 0.05) is 5.56 Å². The Morgan fingerprint density at radius 3 is 2.79 bits per heavy atom. The van der Waals surface area contributed by atoms with E-state index in [0.717, 1.165) is 16.6 Å². The minimum Gasteiger partial charge on any atom is -0.432 e. The lowest BCUT2D eigenvalue weighted by Crippen LogP contribution is -2.12. The summed E-state index contributed by atoms with van der Waals surface area (Å²) in [5.41, 5.74) is 3.04. The lowest BCUT2D eigenvalue weighted by atomic mass is 10.1. The first-order chi connectivity index (χ1) is 9.34. The van der Waals surface area contributed by atoms with Crippen molar-refractivity contribution in [3.8, 4) is 0 Å². The van der Waals surface area contributed by atoms with Gasteiger partial charge in [0.05, 0.1) is 11.1 Å². The monoisotopic (exact) mass is 251 g/mol. The molecule has 1 aliphatic rings. The fourth-order valence-corrected chi connectivity index (χ4v) is 2.37. The molecule has 5 heteroatoms. The van der Waals surface area contributed by atoms with Crippen molar-refractivity contribution < 1.29 is 9.53 Å². The van der Waals surface area contributed by atoms with Gasteiger partial charge < -0.3 is 4.74 Å². The summed E-state index contributed by atoms with van der Waals surface area (Å²) < 4.78 is 7.04. The van der Waals surface area contributed by atoms with Gasteiger partial charge in [0.2, 0.25) is 6.23 Å². The van der Waals surface area contributed by atoms with Crippen LogP contribution in [0, 0.1) is 0 Å². The van der Waals surface area contributed by atoms with E-state index in [2.05, 4.69) is 10.3 Å². The van der Waals surface area contributed by atoms with Crippen LogP contribution in [0.3, 0.4) is 0 Å². The second-order valence-electron chi connectivity index (χ2n) is 4.37. The molecular weight excluding hydrogens is 242 g/mol. The number of cyclic esters (lactones) is 1. The standard InChI is InChI=1S/C14H9N3O2/c18-14-10-6-2-1-5-9(10)13(19-14)17-12-8-4-3-7-11(12)15-16-17/h1-8,13H. The number of aromatic nitrogens is 3. The number of carbonyl (C=O) groups is 1. The highest BCUT2D eigenvalue weighted by molar-refractivity contribution is 5.94. The molecule has 0 fully saturated rings. The summed E-state index contributed by atoms with van der Waals surface area (Å²) in [7, 11) is 0. The molecule has 0 saturated carbocycles. The van der Waals surface area contributed by atoms with E-state index in [1.165, 1.54) is 0 Å². The van der Waals surface area contributed by atoms with Crippen LogP contribution in [-0.2, 0) is 4.74 Å². The molecule has 0 saturated heterocycles. The van der Waals surface area contributed by atoms with Gasteiger partial charge in [-0.25, -0.2) is 9.48 Å². The van der Waals surface area contributed by atoms with Gasteiger partial charge in [-0.1, -0.05) is 35.5 Å². The van der Waals surface area contributed by atoms with E-state index in [9.17, 15) is 4.79 Å². The molecule has 0 aliphatic carbocycles. The lowest BCUT2D eigenvalue weighted by Gasteiger charge is -2.11. The number of hydrogen-bond acceptors (Lipinski definition) is 4. The number of hydrogen-bond donors (Lipinski definition) is 0. The molecule has 5 nitrogen and oxygen atoms in total. The van der Waals surface area contributed by atoms with Crippen molar-refractivity contribution in [2.24, 2.45) is 0 Å². The predicted molar refractivity (Wildman–Crippen MR) is 67.5 cm³/mol. The zero-order chi connectivity index (χ0) is 12.8. The molecule has 1 unspecified atom stereocenters. The highest BCUT2D eigenvalue weighted by Crippen LogP contribution is 2.32. The van der Waals surface area contributed by atoms with Crippen LogP contribution in [0.4, 0.5) is 0 Å². The highest BCUT2D eigenvalue weighted by Gasteiger charge is 2.33. The molecule has 19 heavy (non-hydrogen) atoms. The summed E-state index contributed by atoms with van der Waals surface area (Å²) in [6.45, 7) is 0. The second-order valence-corrected chi connectivity index (χ2v) is 4.37. The maximum absolute atomic E-state index is 11.8.